The summed E-state index contributed by atoms with van der Waals surface area (Å²) < 4.78 is 1.93. The zero-order chi connectivity index (χ0) is 11.6. The van der Waals surface area contributed by atoms with Crippen LogP contribution in [0.2, 0.25) is 0 Å². The van der Waals surface area contributed by atoms with E-state index < -0.39 is 6.10 Å². The molecule has 0 bridgehead atoms. The molecule has 15 heavy (non-hydrogen) atoms. The molecule has 1 aromatic rings. The molecule has 0 unspecified atom stereocenters. The van der Waals surface area contributed by atoms with Gasteiger partial charge in [0.25, 0.3) is 0 Å². The first kappa shape index (κ1) is 13.2. The molecule has 0 amide bonds. The first-order valence-electron chi connectivity index (χ1n) is 4.82. The summed E-state index contributed by atoms with van der Waals surface area (Å²) in [6.45, 7) is 3.91. The summed E-state index contributed by atoms with van der Waals surface area (Å²) in [6.07, 6.45) is -0.516. The second-order valence-corrected chi connectivity index (χ2v) is 5.64. The van der Waals surface area contributed by atoms with E-state index in [0.29, 0.717) is 0 Å². The molecule has 0 fully saturated rings. The van der Waals surface area contributed by atoms with Crippen LogP contribution in [0.5, 0.6) is 0 Å². The Labute approximate surface area is 107 Å². The van der Waals surface area contributed by atoms with Gasteiger partial charge in [-0.1, -0.05) is 19.9 Å². The molecule has 0 aliphatic heterocycles. The Morgan fingerprint density at radius 2 is 1.80 bits per heavy atom. The average Bonchev–Trinajstić information content (AvgIpc) is 2.19. The summed E-state index contributed by atoms with van der Waals surface area (Å²) in [6, 6.07) is 5.44. The number of rotatable bonds is 3. The molecule has 0 radical (unpaired) electrons. The smallest absolute Gasteiger partial charge is 0.0755 e. The fourth-order valence-electron chi connectivity index (χ4n) is 1.33. The quantitative estimate of drug-likeness (QED) is 0.890. The molecule has 0 saturated carbocycles. The zero-order valence-corrected chi connectivity index (χ0v) is 11.9. The van der Waals surface area contributed by atoms with Crippen molar-refractivity contribution in [2.45, 2.75) is 26.0 Å². The second kappa shape index (κ2) is 5.43. The second-order valence-electron chi connectivity index (χ2n) is 3.93. The van der Waals surface area contributed by atoms with E-state index in [9.17, 15) is 5.11 Å². The Balaban J connectivity index is 2.91. The van der Waals surface area contributed by atoms with Crippen molar-refractivity contribution in [3.05, 3.63) is 32.7 Å². The van der Waals surface area contributed by atoms with Gasteiger partial charge in [-0.15, -0.1) is 0 Å². The van der Waals surface area contributed by atoms with Crippen LogP contribution in [0.3, 0.4) is 0 Å². The summed E-state index contributed by atoms with van der Waals surface area (Å²) in [5.41, 5.74) is 6.91. The van der Waals surface area contributed by atoms with Gasteiger partial charge in [-0.3, -0.25) is 0 Å². The molecule has 0 saturated heterocycles. The van der Waals surface area contributed by atoms with Crippen LogP contribution in [0.15, 0.2) is 27.1 Å². The van der Waals surface area contributed by atoms with Crippen LogP contribution in [0, 0.1) is 5.92 Å². The lowest BCUT2D eigenvalue weighted by Crippen LogP contribution is -2.30. The maximum absolute atomic E-state index is 9.86. The van der Waals surface area contributed by atoms with Crippen LogP contribution in [0.4, 0.5) is 0 Å². The fourth-order valence-corrected chi connectivity index (χ4v) is 1.97. The predicted octanol–water partition coefficient (Wildman–Crippen LogP) is 3.23. The molecule has 3 N–H and O–H groups in total. The van der Waals surface area contributed by atoms with Gasteiger partial charge in [0.15, 0.2) is 0 Å². The number of nitrogens with two attached hydrogens (primary N) is 1. The molecular formula is C11H15Br2NO. The van der Waals surface area contributed by atoms with Crippen molar-refractivity contribution in [1.29, 1.82) is 0 Å². The van der Waals surface area contributed by atoms with Crippen LogP contribution in [0.25, 0.3) is 0 Å². The molecule has 0 aliphatic carbocycles. The molecule has 4 heteroatoms. The van der Waals surface area contributed by atoms with Crippen LogP contribution in [0.1, 0.15) is 25.5 Å². The van der Waals surface area contributed by atoms with E-state index in [0.717, 1.165) is 14.5 Å². The van der Waals surface area contributed by atoms with Gasteiger partial charge in [0.1, 0.15) is 0 Å². The lowest BCUT2D eigenvalue weighted by molar-refractivity contribution is 0.0979. The van der Waals surface area contributed by atoms with Crippen LogP contribution < -0.4 is 5.73 Å². The molecular weight excluding hydrogens is 322 g/mol. The van der Waals surface area contributed by atoms with Crippen molar-refractivity contribution >= 4 is 31.9 Å². The van der Waals surface area contributed by atoms with Crippen molar-refractivity contribution in [3.63, 3.8) is 0 Å². The SMILES string of the molecule is CC(C)[C@@H](O)[C@@H](N)c1ccc(Br)c(Br)c1. The van der Waals surface area contributed by atoms with E-state index in [-0.39, 0.29) is 12.0 Å². The Bertz CT molecular complexity index is 341. The Hall–Kier alpha value is 0.1000. The molecule has 2 atom stereocenters. The maximum atomic E-state index is 9.86. The van der Waals surface area contributed by atoms with Gasteiger partial charge < -0.3 is 10.8 Å². The fraction of sp³-hybridized carbons (Fsp3) is 0.455. The normalized spacial score (nSPS) is 15.4. The van der Waals surface area contributed by atoms with Crippen molar-refractivity contribution in [2.75, 3.05) is 0 Å². The minimum Gasteiger partial charge on any atom is -0.391 e. The highest BCUT2D eigenvalue weighted by molar-refractivity contribution is 9.13. The van der Waals surface area contributed by atoms with Gasteiger partial charge in [0, 0.05) is 8.95 Å². The van der Waals surface area contributed by atoms with Gasteiger partial charge in [0.05, 0.1) is 12.1 Å². The van der Waals surface area contributed by atoms with Crippen LogP contribution >= 0.6 is 31.9 Å². The first-order chi connectivity index (χ1) is 6.93. The van der Waals surface area contributed by atoms with Crippen LogP contribution in [-0.4, -0.2) is 11.2 Å². The highest BCUT2D eigenvalue weighted by atomic mass is 79.9. The van der Waals surface area contributed by atoms with Gasteiger partial charge in [-0.05, 0) is 55.5 Å². The topological polar surface area (TPSA) is 46.2 Å². The minimum atomic E-state index is -0.516. The van der Waals surface area contributed by atoms with E-state index >= 15 is 0 Å². The summed E-state index contributed by atoms with van der Waals surface area (Å²) >= 11 is 6.81. The maximum Gasteiger partial charge on any atom is 0.0755 e. The molecule has 0 aromatic heterocycles. The number of halogens is 2. The summed E-state index contributed by atoms with van der Waals surface area (Å²) in [5, 5.41) is 9.86. The van der Waals surface area contributed by atoms with E-state index in [4.69, 9.17) is 5.73 Å². The van der Waals surface area contributed by atoms with Crippen molar-refractivity contribution in [2.24, 2.45) is 11.7 Å². The van der Waals surface area contributed by atoms with Crippen molar-refractivity contribution in [3.8, 4) is 0 Å². The average molecular weight is 337 g/mol. The molecule has 0 aliphatic rings. The molecule has 2 nitrogen and oxygen atoms in total. The Morgan fingerprint density at radius 1 is 1.20 bits per heavy atom. The van der Waals surface area contributed by atoms with E-state index in [2.05, 4.69) is 31.9 Å². The zero-order valence-electron chi connectivity index (χ0n) is 8.74. The summed E-state index contributed by atoms with van der Waals surface area (Å²) in [4.78, 5) is 0. The van der Waals surface area contributed by atoms with E-state index in [1.807, 2.05) is 32.0 Å². The molecule has 0 heterocycles. The third kappa shape index (κ3) is 3.28. The molecule has 1 rings (SSSR count). The summed E-state index contributed by atoms with van der Waals surface area (Å²) in [7, 11) is 0. The van der Waals surface area contributed by atoms with Crippen molar-refractivity contribution in [1.82, 2.24) is 0 Å². The van der Waals surface area contributed by atoms with E-state index in [1.54, 1.807) is 0 Å². The lowest BCUT2D eigenvalue weighted by atomic mass is 9.95. The standard InChI is InChI=1S/C11H15Br2NO/c1-6(2)11(15)10(14)7-3-4-8(12)9(13)5-7/h3-6,10-11,15H,14H2,1-2H3/t10-,11+/m0/s1. The van der Waals surface area contributed by atoms with Crippen LogP contribution in [-0.2, 0) is 0 Å². The third-order valence-corrected chi connectivity index (χ3v) is 4.26. The Kier molecular flexibility index (Phi) is 4.77. The van der Waals surface area contributed by atoms with E-state index in [1.165, 1.54) is 0 Å². The third-order valence-electron chi connectivity index (χ3n) is 2.38. The predicted molar refractivity (Wildman–Crippen MR) is 69.6 cm³/mol. The van der Waals surface area contributed by atoms with Gasteiger partial charge in [0.2, 0.25) is 0 Å². The summed E-state index contributed by atoms with van der Waals surface area (Å²) in [5.74, 6) is 0.155. The number of benzene rings is 1. The largest absolute Gasteiger partial charge is 0.391 e. The first-order valence-corrected chi connectivity index (χ1v) is 6.40. The number of hydrogen-bond acceptors (Lipinski definition) is 2. The molecule has 0 spiro atoms. The lowest BCUT2D eigenvalue weighted by Gasteiger charge is -2.22. The number of hydrogen-bond donors (Lipinski definition) is 2. The highest BCUT2D eigenvalue weighted by Gasteiger charge is 2.20. The van der Waals surface area contributed by atoms with Gasteiger partial charge >= 0.3 is 0 Å². The number of aliphatic hydroxyl groups is 1. The van der Waals surface area contributed by atoms with Crippen molar-refractivity contribution < 1.29 is 5.11 Å². The molecule has 84 valence electrons. The minimum absolute atomic E-state index is 0.155. The number of aliphatic hydroxyl groups excluding tert-OH is 1. The highest BCUT2D eigenvalue weighted by Crippen LogP contribution is 2.28. The monoisotopic (exact) mass is 335 g/mol. The Morgan fingerprint density at radius 3 is 2.27 bits per heavy atom. The molecule has 1 aromatic carbocycles. The van der Waals surface area contributed by atoms with Gasteiger partial charge in [-0.25, -0.2) is 0 Å². The van der Waals surface area contributed by atoms with Gasteiger partial charge in [-0.2, -0.15) is 0 Å².